The molecule has 1 aromatic rings. The number of hydrogen-bond acceptors (Lipinski definition) is 3. The van der Waals surface area contributed by atoms with E-state index < -0.39 is 0 Å². The zero-order valence-electron chi connectivity index (χ0n) is 8.55. The maximum atomic E-state index is 5.12. The van der Waals surface area contributed by atoms with Gasteiger partial charge in [0.2, 0.25) is 5.96 Å². The fourth-order valence-corrected chi connectivity index (χ4v) is 1.48. The fourth-order valence-electron chi connectivity index (χ4n) is 0.925. The Labute approximate surface area is 108 Å². The summed E-state index contributed by atoms with van der Waals surface area (Å²) in [6.45, 7) is 0. The SMILES string of the molecule is COc1ccc(/C=N/N=C(N)N)cc1Br.Cl. The minimum Gasteiger partial charge on any atom is -0.496 e. The first-order valence-corrected chi connectivity index (χ1v) is 4.88. The summed E-state index contributed by atoms with van der Waals surface area (Å²) in [5.41, 5.74) is 11.1. The highest BCUT2D eigenvalue weighted by atomic mass is 79.9. The summed E-state index contributed by atoms with van der Waals surface area (Å²) in [5, 5.41) is 7.18. The number of nitrogens with two attached hydrogens (primary N) is 2. The minimum absolute atomic E-state index is 0. The number of hydrogen-bond donors (Lipinski definition) is 2. The predicted octanol–water partition coefficient (Wildman–Crippen LogP) is 1.49. The molecule has 5 nitrogen and oxygen atoms in total. The summed E-state index contributed by atoms with van der Waals surface area (Å²) in [7, 11) is 1.60. The Hall–Kier alpha value is -1.27. The lowest BCUT2D eigenvalue weighted by molar-refractivity contribution is 0.412. The molecular weight excluding hydrogens is 295 g/mol. The fraction of sp³-hybridized carbons (Fsp3) is 0.111. The van der Waals surface area contributed by atoms with E-state index in [1.807, 2.05) is 18.2 Å². The molecule has 0 amide bonds. The van der Waals surface area contributed by atoms with Gasteiger partial charge < -0.3 is 16.2 Å². The van der Waals surface area contributed by atoms with Crippen LogP contribution in [0, 0.1) is 0 Å². The molecule has 0 aromatic heterocycles. The maximum Gasteiger partial charge on any atom is 0.211 e. The van der Waals surface area contributed by atoms with Crippen molar-refractivity contribution in [1.29, 1.82) is 0 Å². The van der Waals surface area contributed by atoms with Crippen LogP contribution in [0.5, 0.6) is 5.75 Å². The topological polar surface area (TPSA) is 86.0 Å². The van der Waals surface area contributed by atoms with E-state index in [2.05, 4.69) is 26.1 Å². The molecule has 0 unspecified atom stereocenters. The van der Waals surface area contributed by atoms with Crippen molar-refractivity contribution in [1.82, 2.24) is 0 Å². The van der Waals surface area contributed by atoms with Gasteiger partial charge in [-0.15, -0.1) is 17.5 Å². The molecule has 1 aromatic carbocycles. The van der Waals surface area contributed by atoms with Crippen molar-refractivity contribution in [2.75, 3.05) is 7.11 Å². The summed E-state index contributed by atoms with van der Waals surface area (Å²) in [4.78, 5) is 0. The van der Waals surface area contributed by atoms with Gasteiger partial charge in [0.15, 0.2) is 0 Å². The molecular formula is C9H12BrClN4O. The minimum atomic E-state index is -0.0705. The number of guanidine groups is 1. The standard InChI is InChI=1S/C9H11BrN4O.ClH/c1-15-8-3-2-6(4-7(8)10)5-13-14-9(11)12;/h2-5H,1H3,(H4,11,12,14);1H/b13-5+;. The molecule has 0 aliphatic carbocycles. The van der Waals surface area contributed by atoms with Crippen LogP contribution in [0.15, 0.2) is 32.9 Å². The zero-order chi connectivity index (χ0) is 11.3. The molecule has 4 N–H and O–H groups in total. The highest BCUT2D eigenvalue weighted by molar-refractivity contribution is 9.10. The molecule has 0 radical (unpaired) electrons. The Morgan fingerprint density at radius 3 is 2.62 bits per heavy atom. The molecule has 0 saturated heterocycles. The number of ether oxygens (including phenoxy) is 1. The van der Waals surface area contributed by atoms with Crippen molar-refractivity contribution < 1.29 is 4.74 Å². The summed E-state index contributed by atoms with van der Waals surface area (Å²) in [5.74, 6) is 0.688. The van der Waals surface area contributed by atoms with Crippen LogP contribution in [-0.2, 0) is 0 Å². The summed E-state index contributed by atoms with van der Waals surface area (Å²) < 4.78 is 5.93. The number of nitrogens with zero attached hydrogens (tertiary/aromatic N) is 2. The van der Waals surface area contributed by atoms with E-state index in [1.54, 1.807) is 13.3 Å². The van der Waals surface area contributed by atoms with Crippen molar-refractivity contribution in [3.8, 4) is 5.75 Å². The van der Waals surface area contributed by atoms with Crippen LogP contribution in [-0.4, -0.2) is 19.3 Å². The van der Waals surface area contributed by atoms with Crippen LogP contribution in [0.3, 0.4) is 0 Å². The summed E-state index contributed by atoms with van der Waals surface area (Å²) in [6, 6.07) is 5.51. The van der Waals surface area contributed by atoms with Crippen LogP contribution >= 0.6 is 28.3 Å². The smallest absolute Gasteiger partial charge is 0.211 e. The molecule has 0 saturated carbocycles. The van der Waals surface area contributed by atoms with Gasteiger partial charge in [0, 0.05) is 0 Å². The molecule has 16 heavy (non-hydrogen) atoms. The molecule has 0 aliphatic heterocycles. The Balaban J connectivity index is 0.00000225. The zero-order valence-corrected chi connectivity index (χ0v) is 11.0. The van der Waals surface area contributed by atoms with Crippen molar-refractivity contribution >= 4 is 40.5 Å². The predicted molar refractivity (Wildman–Crippen MR) is 71.3 cm³/mol. The molecule has 0 bridgehead atoms. The van der Waals surface area contributed by atoms with Crippen molar-refractivity contribution in [2.45, 2.75) is 0 Å². The average Bonchev–Trinajstić information content (AvgIpc) is 2.17. The third kappa shape index (κ3) is 4.50. The average molecular weight is 308 g/mol. The van der Waals surface area contributed by atoms with Gasteiger partial charge >= 0.3 is 0 Å². The normalized spacial score (nSPS) is 9.62. The lowest BCUT2D eigenvalue weighted by atomic mass is 10.2. The van der Waals surface area contributed by atoms with E-state index in [-0.39, 0.29) is 18.4 Å². The van der Waals surface area contributed by atoms with Crippen LogP contribution in [0.2, 0.25) is 0 Å². The summed E-state index contributed by atoms with van der Waals surface area (Å²) >= 11 is 3.36. The van der Waals surface area contributed by atoms with Gasteiger partial charge in [0.1, 0.15) is 5.75 Å². The highest BCUT2D eigenvalue weighted by Gasteiger charge is 1.98. The van der Waals surface area contributed by atoms with Gasteiger partial charge in [0.05, 0.1) is 17.8 Å². The molecule has 0 fully saturated rings. The third-order valence-corrected chi connectivity index (χ3v) is 2.18. The Morgan fingerprint density at radius 1 is 1.44 bits per heavy atom. The second kappa shape index (κ2) is 7.08. The number of halogens is 2. The van der Waals surface area contributed by atoms with Crippen molar-refractivity contribution in [3.63, 3.8) is 0 Å². The van der Waals surface area contributed by atoms with Gasteiger partial charge in [-0.05, 0) is 39.7 Å². The molecule has 0 atom stereocenters. The van der Waals surface area contributed by atoms with Gasteiger partial charge in [0.25, 0.3) is 0 Å². The first kappa shape index (κ1) is 14.7. The van der Waals surface area contributed by atoms with Crippen molar-refractivity contribution in [2.24, 2.45) is 21.7 Å². The van der Waals surface area contributed by atoms with Crippen LogP contribution in [0.1, 0.15) is 5.56 Å². The van der Waals surface area contributed by atoms with Gasteiger partial charge in [-0.25, -0.2) is 0 Å². The molecule has 0 aliphatic rings. The Kier molecular flexibility index (Phi) is 6.52. The first-order valence-electron chi connectivity index (χ1n) is 4.09. The maximum absolute atomic E-state index is 5.12. The van der Waals surface area contributed by atoms with Crippen LogP contribution in [0.4, 0.5) is 0 Å². The number of benzene rings is 1. The third-order valence-electron chi connectivity index (χ3n) is 1.56. The second-order valence-corrected chi connectivity index (χ2v) is 3.52. The summed E-state index contributed by atoms with van der Waals surface area (Å²) in [6.07, 6.45) is 1.55. The molecule has 1 rings (SSSR count). The van der Waals surface area contributed by atoms with E-state index in [0.717, 1.165) is 15.8 Å². The number of methoxy groups -OCH3 is 1. The van der Waals surface area contributed by atoms with Crippen LogP contribution in [0.25, 0.3) is 0 Å². The van der Waals surface area contributed by atoms with Gasteiger partial charge in [-0.3, -0.25) is 0 Å². The molecule has 0 spiro atoms. The lowest BCUT2D eigenvalue weighted by Crippen LogP contribution is -2.21. The van der Waals surface area contributed by atoms with E-state index in [0.29, 0.717) is 0 Å². The largest absolute Gasteiger partial charge is 0.496 e. The first-order chi connectivity index (χ1) is 7.13. The van der Waals surface area contributed by atoms with Gasteiger partial charge in [-0.1, -0.05) is 0 Å². The van der Waals surface area contributed by atoms with E-state index in [4.69, 9.17) is 16.2 Å². The second-order valence-electron chi connectivity index (χ2n) is 2.66. The molecule has 7 heteroatoms. The van der Waals surface area contributed by atoms with E-state index in [9.17, 15) is 0 Å². The Morgan fingerprint density at radius 2 is 2.12 bits per heavy atom. The van der Waals surface area contributed by atoms with E-state index in [1.165, 1.54) is 0 Å². The van der Waals surface area contributed by atoms with Crippen LogP contribution < -0.4 is 16.2 Å². The van der Waals surface area contributed by atoms with E-state index >= 15 is 0 Å². The highest BCUT2D eigenvalue weighted by Crippen LogP contribution is 2.24. The molecule has 88 valence electrons. The lowest BCUT2D eigenvalue weighted by Gasteiger charge is -2.02. The van der Waals surface area contributed by atoms with Crippen molar-refractivity contribution in [3.05, 3.63) is 28.2 Å². The quantitative estimate of drug-likeness (QED) is 0.504. The monoisotopic (exact) mass is 306 g/mol. The Bertz CT molecular complexity index is 404. The van der Waals surface area contributed by atoms with Gasteiger partial charge in [-0.2, -0.15) is 5.10 Å². The number of rotatable bonds is 3. The molecule has 0 heterocycles.